The maximum atomic E-state index is 12.2. The Morgan fingerprint density at radius 2 is 1.91 bits per heavy atom. The van der Waals surface area contributed by atoms with Crippen LogP contribution in [-0.4, -0.2) is 15.6 Å². The smallest absolute Gasteiger partial charge is 0.418 e. The number of hydrogen-bond donors (Lipinski definition) is 0. The first-order valence-corrected chi connectivity index (χ1v) is 7.10. The standard InChI is InChI=1S/C16H11ClN2O4/c17-13-6-7-14-12(15(13)19(21)22)8-9-18(14)16(20)23-10-11-4-2-1-3-5-11/h1-9H,10H2. The SMILES string of the molecule is O=C(OCc1ccccc1)n1ccc2c([N+](=O)[O-])c(Cl)ccc21. The van der Waals surface area contributed by atoms with Crippen molar-refractivity contribution in [2.45, 2.75) is 6.61 Å². The van der Waals surface area contributed by atoms with Crippen molar-refractivity contribution in [2.24, 2.45) is 0 Å². The summed E-state index contributed by atoms with van der Waals surface area (Å²) in [5, 5.41) is 11.4. The van der Waals surface area contributed by atoms with Gasteiger partial charge in [0.25, 0.3) is 5.69 Å². The average Bonchev–Trinajstić information content (AvgIpc) is 2.96. The number of nitrogens with zero attached hydrogens (tertiary/aromatic N) is 2. The molecule has 0 bridgehead atoms. The lowest BCUT2D eigenvalue weighted by Crippen LogP contribution is -2.12. The van der Waals surface area contributed by atoms with Crippen molar-refractivity contribution < 1.29 is 14.5 Å². The van der Waals surface area contributed by atoms with E-state index in [4.69, 9.17) is 16.3 Å². The fourth-order valence-corrected chi connectivity index (χ4v) is 2.54. The Kier molecular flexibility index (Phi) is 3.99. The van der Waals surface area contributed by atoms with E-state index < -0.39 is 11.0 Å². The van der Waals surface area contributed by atoms with Crippen molar-refractivity contribution in [3.63, 3.8) is 0 Å². The lowest BCUT2D eigenvalue weighted by molar-refractivity contribution is -0.382. The topological polar surface area (TPSA) is 74.4 Å². The zero-order valence-corrected chi connectivity index (χ0v) is 12.6. The second kappa shape index (κ2) is 6.10. The van der Waals surface area contributed by atoms with E-state index in [9.17, 15) is 14.9 Å². The molecular weight excluding hydrogens is 320 g/mol. The van der Waals surface area contributed by atoms with E-state index in [1.54, 1.807) is 6.07 Å². The minimum Gasteiger partial charge on any atom is -0.444 e. The summed E-state index contributed by atoms with van der Waals surface area (Å²) in [5.41, 5.74) is 1.00. The van der Waals surface area contributed by atoms with Crippen LogP contribution in [0.3, 0.4) is 0 Å². The summed E-state index contributed by atoms with van der Waals surface area (Å²) >= 11 is 5.86. The van der Waals surface area contributed by atoms with Crippen molar-refractivity contribution in [1.82, 2.24) is 4.57 Å². The monoisotopic (exact) mass is 330 g/mol. The largest absolute Gasteiger partial charge is 0.444 e. The van der Waals surface area contributed by atoms with E-state index in [-0.39, 0.29) is 17.3 Å². The van der Waals surface area contributed by atoms with Crippen molar-refractivity contribution in [1.29, 1.82) is 0 Å². The van der Waals surface area contributed by atoms with Crippen LogP contribution in [0.15, 0.2) is 54.7 Å². The highest BCUT2D eigenvalue weighted by atomic mass is 35.5. The molecule has 0 atom stereocenters. The van der Waals surface area contributed by atoms with Gasteiger partial charge < -0.3 is 4.74 Å². The first-order valence-electron chi connectivity index (χ1n) is 6.73. The molecule has 2 aromatic carbocycles. The molecular formula is C16H11ClN2O4. The normalized spacial score (nSPS) is 10.7. The van der Waals surface area contributed by atoms with Gasteiger partial charge in [0.15, 0.2) is 0 Å². The van der Waals surface area contributed by atoms with E-state index in [2.05, 4.69) is 0 Å². The molecule has 0 saturated heterocycles. The minimum absolute atomic E-state index is 0.0258. The third-order valence-electron chi connectivity index (χ3n) is 3.38. The molecule has 0 aliphatic carbocycles. The number of rotatable bonds is 3. The number of nitro benzene ring substituents is 1. The van der Waals surface area contributed by atoms with E-state index in [1.807, 2.05) is 30.3 Å². The Balaban J connectivity index is 1.90. The number of aromatic nitrogens is 1. The first-order chi connectivity index (χ1) is 11.1. The maximum absolute atomic E-state index is 12.2. The summed E-state index contributed by atoms with van der Waals surface area (Å²) in [6.07, 6.45) is 0.821. The van der Waals surface area contributed by atoms with Gasteiger partial charge >= 0.3 is 6.09 Å². The first kappa shape index (κ1) is 15.1. The van der Waals surface area contributed by atoms with Crippen molar-refractivity contribution >= 4 is 34.3 Å². The molecule has 23 heavy (non-hydrogen) atoms. The molecule has 0 aliphatic heterocycles. The molecule has 0 saturated carbocycles. The summed E-state index contributed by atoms with van der Waals surface area (Å²) in [6.45, 7) is 0.120. The Morgan fingerprint density at radius 1 is 1.17 bits per heavy atom. The molecule has 1 aromatic heterocycles. The van der Waals surface area contributed by atoms with Gasteiger partial charge in [-0.1, -0.05) is 41.9 Å². The van der Waals surface area contributed by atoms with E-state index in [1.165, 1.54) is 22.9 Å². The van der Waals surface area contributed by atoms with Gasteiger partial charge in [-0.2, -0.15) is 0 Å². The van der Waals surface area contributed by atoms with Crippen molar-refractivity contribution in [3.8, 4) is 0 Å². The molecule has 3 rings (SSSR count). The Hall–Kier alpha value is -2.86. The van der Waals surface area contributed by atoms with Crippen LogP contribution in [0.1, 0.15) is 5.56 Å². The van der Waals surface area contributed by atoms with Crippen LogP contribution in [0, 0.1) is 10.1 Å². The molecule has 6 nitrogen and oxygen atoms in total. The Bertz CT molecular complexity index is 890. The number of halogens is 1. The molecule has 1 heterocycles. The summed E-state index contributed by atoms with van der Waals surface area (Å²) in [6, 6.07) is 13.7. The molecule has 0 unspecified atom stereocenters. The molecule has 0 aliphatic rings. The zero-order chi connectivity index (χ0) is 16.4. The maximum Gasteiger partial charge on any atom is 0.418 e. The van der Waals surface area contributed by atoms with Gasteiger partial charge in [-0.05, 0) is 23.8 Å². The second-order valence-electron chi connectivity index (χ2n) is 4.81. The molecule has 0 fully saturated rings. The molecule has 7 heteroatoms. The van der Waals surface area contributed by atoms with Crippen LogP contribution in [0.2, 0.25) is 5.02 Å². The number of fused-ring (bicyclic) bond motifs is 1. The number of hydrogen-bond acceptors (Lipinski definition) is 4. The summed E-state index contributed by atoms with van der Waals surface area (Å²) in [5.74, 6) is 0. The Labute approximate surface area is 136 Å². The lowest BCUT2D eigenvalue weighted by Gasteiger charge is -2.07. The van der Waals surface area contributed by atoms with Crippen LogP contribution in [-0.2, 0) is 11.3 Å². The number of ether oxygens (including phenoxy) is 1. The van der Waals surface area contributed by atoms with Crippen molar-refractivity contribution in [3.05, 3.63) is 75.4 Å². The zero-order valence-electron chi connectivity index (χ0n) is 11.8. The van der Waals surface area contributed by atoms with Gasteiger partial charge in [0.05, 0.1) is 15.8 Å². The fraction of sp³-hybridized carbons (Fsp3) is 0.0625. The fourth-order valence-electron chi connectivity index (χ4n) is 2.31. The van der Waals surface area contributed by atoms with Gasteiger partial charge in [0, 0.05) is 6.20 Å². The van der Waals surface area contributed by atoms with E-state index >= 15 is 0 Å². The predicted molar refractivity (Wildman–Crippen MR) is 85.6 cm³/mol. The van der Waals surface area contributed by atoms with Crippen LogP contribution >= 0.6 is 11.6 Å². The highest BCUT2D eigenvalue weighted by Gasteiger charge is 2.21. The number of carbonyl (C=O) groups excluding carboxylic acids is 1. The van der Waals surface area contributed by atoms with Gasteiger partial charge in [-0.25, -0.2) is 4.79 Å². The van der Waals surface area contributed by atoms with Crippen molar-refractivity contribution in [2.75, 3.05) is 0 Å². The highest BCUT2D eigenvalue weighted by Crippen LogP contribution is 2.33. The summed E-state index contributed by atoms with van der Waals surface area (Å²) in [4.78, 5) is 22.8. The molecule has 0 amide bonds. The molecule has 116 valence electrons. The molecule has 0 spiro atoms. The second-order valence-corrected chi connectivity index (χ2v) is 5.22. The lowest BCUT2D eigenvalue weighted by atomic mass is 10.2. The van der Waals surface area contributed by atoms with Gasteiger partial charge in [0.1, 0.15) is 11.6 Å². The predicted octanol–water partition coefficient (Wildman–Crippen LogP) is 4.39. The van der Waals surface area contributed by atoms with Crippen LogP contribution < -0.4 is 0 Å². The number of carbonyl (C=O) groups is 1. The van der Waals surface area contributed by atoms with Crippen LogP contribution in [0.5, 0.6) is 0 Å². The van der Waals surface area contributed by atoms with Gasteiger partial charge in [-0.3, -0.25) is 14.7 Å². The summed E-state index contributed by atoms with van der Waals surface area (Å²) in [7, 11) is 0. The van der Waals surface area contributed by atoms with Gasteiger partial charge in [0.2, 0.25) is 0 Å². The van der Waals surface area contributed by atoms with Crippen LogP contribution in [0.25, 0.3) is 10.9 Å². The minimum atomic E-state index is -0.611. The molecule has 0 N–H and O–H groups in total. The third-order valence-corrected chi connectivity index (χ3v) is 3.68. The number of nitro groups is 1. The molecule has 0 radical (unpaired) electrons. The average molecular weight is 331 g/mol. The highest BCUT2D eigenvalue weighted by molar-refractivity contribution is 6.34. The quantitative estimate of drug-likeness (QED) is 0.527. The van der Waals surface area contributed by atoms with Crippen LogP contribution in [0.4, 0.5) is 10.5 Å². The summed E-state index contributed by atoms with van der Waals surface area (Å²) < 4.78 is 6.46. The number of benzene rings is 2. The van der Waals surface area contributed by atoms with E-state index in [0.717, 1.165) is 5.56 Å². The third kappa shape index (κ3) is 2.89. The van der Waals surface area contributed by atoms with E-state index in [0.29, 0.717) is 10.9 Å². The van der Waals surface area contributed by atoms with Gasteiger partial charge in [-0.15, -0.1) is 0 Å². The molecule has 3 aromatic rings. The Morgan fingerprint density at radius 3 is 2.61 bits per heavy atom.